The Morgan fingerprint density at radius 2 is 2.24 bits per heavy atom. The first-order valence-corrected chi connectivity index (χ1v) is 5.44. The van der Waals surface area contributed by atoms with E-state index in [1.54, 1.807) is 13.0 Å². The monoisotopic (exact) mass is 257 g/mol. The number of aliphatic carboxylic acids is 1. The molecule has 0 aromatic heterocycles. The first kappa shape index (κ1) is 12.0. The Morgan fingerprint density at radius 1 is 1.59 bits per heavy atom. The molecule has 6 heteroatoms. The van der Waals surface area contributed by atoms with E-state index in [1.165, 1.54) is 0 Å². The maximum Gasteiger partial charge on any atom is 0.305 e. The summed E-state index contributed by atoms with van der Waals surface area (Å²) < 4.78 is 10.5. The van der Waals surface area contributed by atoms with Crippen molar-refractivity contribution in [2.75, 3.05) is 6.79 Å². The zero-order valence-electron chi connectivity index (χ0n) is 9.20. The van der Waals surface area contributed by atoms with Crippen LogP contribution in [0, 0.1) is 6.92 Å². The summed E-state index contributed by atoms with van der Waals surface area (Å²) in [5.74, 6) is 0.0921. The molecule has 17 heavy (non-hydrogen) atoms. The van der Waals surface area contributed by atoms with E-state index in [0.717, 1.165) is 5.56 Å². The van der Waals surface area contributed by atoms with Crippen molar-refractivity contribution in [1.82, 2.24) is 0 Å². The first-order valence-electron chi connectivity index (χ1n) is 5.06. The van der Waals surface area contributed by atoms with E-state index >= 15 is 0 Å². The highest BCUT2D eigenvalue weighted by Gasteiger charge is 2.25. The third kappa shape index (κ3) is 2.16. The fourth-order valence-electron chi connectivity index (χ4n) is 1.86. The second-order valence-electron chi connectivity index (χ2n) is 3.84. The third-order valence-electron chi connectivity index (χ3n) is 2.68. The summed E-state index contributed by atoms with van der Waals surface area (Å²) in [4.78, 5) is 10.6. The van der Waals surface area contributed by atoms with Gasteiger partial charge in [-0.05, 0) is 24.1 Å². The van der Waals surface area contributed by atoms with E-state index < -0.39 is 12.0 Å². The molecule has 92 valence electrons. The van der Waals surface area contributed by atoms with E-state index in [1.807, 2.05) is 0 Å². The van der Waals surface area contributed by atoms with Gasteiger partial charge in [-0.15, -0.1) is 0 Å². The van der Waals surface area contributed by atoms with Gasteiger partial charge >= 0.3 is 5.97 Å². The number of hydrogen-bond acceptors (Lipinski definition) is 4. The molecule has 5 nitrogen and oxygen atoms in total. The summed E-state index contributed by atoms with van der Waals surface area (Å²) in [6.07, 6.45) is -0.156. The molecule has 1 aliphatic heterocycles. The lowest BCUT2D eigenvalue weighted by Gasteiger charge is -2.15. The maximum absolute atomic E-state index is 10.6. The number of nitrogens with two attached hydrogens (primary N) is 1. The van der Waals surface area contributed by atoms with Crippen molar-refractivity contribution in [3.05, 3.63) is 22.2 Å². The minimum Gasteiger partial charge on any atom is -0.481 e. The van der Waals surface area contributed by atoms with E-state index in [2.05, 4.69) is 0 Å². The molecular formula is C11H12ClNO4. The number of ether oxygens (including phenoxy) is 2. The number of benzene rings is 1. The summed E-state index contributed by atoms with van der Waals surface area (Å²) in [6, 6.07) is 1.03. The van der Waals surface area contributed by atoms with Crippen molar-refractivity contribution in [3.63, 3.8) is 0 Å². The van der Waals surface area contributed by atoms with Crippen molar-refractivity contribution in [2.45, 2.75) is 19.4 Å². The Kier molecular flexibility index (Phi) is 3.13. The predicted octanol–water partition coefficient (Wildman–Crippen LogP) is 1.85. The van der Waals surface area contributed by atoms with Crippen LogP contribution >= 0.6 is 11.6 Å². The van der Waals surface area contributed by atoms with Crippen LogP contribution in [-0.2, 0) is 4.79 Å². The van der Waals surface area contributed by atoms with Gasteiger partial charge in [0.2, 0.25) is 6.79 Å². The van der Waals surface area contributed by atoms with Gasteiger partial charge in [0.15, 0.2) is 11.5 Å². The molecule has 0 fully saturated rings. The van der Waals surface area contributed by atoms with Gasteiger partial charge in [0.05, 0.1) is 11.4 Å². The van der Waals surface area contributed by atoms with Crippen molar-refractivity contribution in [3.8, 4) is 11.5 Å². The van der Waals surface area contributed by atoms with Gasteiger partial charge in [-0.25, -0.2) is 0 Å². The lowest BCUT2D eigenvalue weighted by molar-refractivity contribution is -0.137. The van der Waals surface area contributed by atoms with Crippen LogP contribution in [0.1, 0.15) is 23.6 Å². The maximum atomic E-state index is 10.6. The lowest BCUT2D eigenvalue weighted by atomic mass is 9.98. The molecule has 1 aliphatic rings. The van der Waals surface area contributed by atoms with Crippen molar-refractivity contribution < 1.29 is 19.4 Å². The van der Waals surface area contributed by atoms with Gasteiger partial charge in [-0.2, -0.15) is 0 Å². The number of carboxylic acids is 1. The molecule has 0 aliphatic carbocycles. The average molecular weight is 258 g/mol. The van der Waals surface area contributed by atoms with Crippen molar-refractivity contribution in [2.24, 2.45) is 5.73 Å². The molecule has 1 aromatic rings. The minimum absolute atomic E-state index is 0.119. The minimum atomic E-state index is -0.953. The zero-order chi connectivity index (χ0) is 12.6. The number of halogens is 1. The topological polar surface area (TPSA) is 81.8 Å². The smallest absolute Gasteiger partial charge is 0.305 e. The molecule has 1 unspecified atom stereocenters. The fraction of sp³-hybridized carbons (Fsp3) is 0.364. The molecule has 0 spiro atoms. The van der Waals surface area contributed by atoms with Crippen LogP contribution < -0.4 is 15.2 Å². The molecule has 0 saturated heterocycles. The summed E-state index contributed by atoms with van der Waals surface area (Å²) in [7, 11) is 0. The summed E-state index contributed by atoms with van der Waals surface area (Å²) in [6.45, 7) is 1.93. The SMILES string of the molecule is Cc1c(C(N)CC(=O)O)cc(Cl)c2c1OCO2. The highest BCUT2D eigenvalue weighted by molar-refractivity contribution is 6.32. The lowest BCUT2D eigenvalue weighted by Crippen LogP contribution is -2.16. The number of hydrogen-bond donors (Lipinski definition) is 2. The van der Waals surface area contributed by atoms with Crippen LogP contribution in [0.4, 0.5) is 0 Å². The highest BCUT2D eigenvalue weighted by atomic mass is 35.5. The predicted molar refractivity (Wildman–Crippen MR) is 61.5 cm³/mol. The largest absolute Gasteiger partial charge is 0.481 e. The van der Waals surface area contributed by atoms with E-state index in [-0.39, 0.29) is 13.2 Å². The van der Waals surface area contributed by atoms with Gasteiger partial charge in [-0.3, -0.25) is 4.79 Å². The molecular weight excluding hydrogens is 246 g/mol. The van der Waals surface area contributed by atoms with Gasteiger partial charge in [0.25, 0.3) is 0 Å². The first-order chi connectivity index (χ1) is 8.00. The number of rotatable bonds is 3. The van der Waals surface area contributed by atoms with Gasteiger partial charge in [-0.1, -0.05) is 11.6 Å². The number of carboxylic acid groups (broad SMARTS) is 1. The van der Waals surface area contributed by atoms with Crippen LogP contribution in [0.15, 0.2) is 6.07 Å². The van der Waals surface area contributed by atoms with Crippen molar-refractivity contribution in [1.29, 1.82) is 0 Å². The second-order valence-corrected chi connectivity index (χ2v) is 4.25. The quantitative estimate of drug-likeness (QED) is 0.864. The Bertz CT molecular complexity index is 475. The van der Waals surface area contributed by atoms with Crippen LogP contribution in [0.5, 0.6) is 11.5 Å². The van der Waals surface area contributed by atoms with Crippen LogP contribution in [0.3, 0.4) is 0 Å². The molecule has 0 bridgehead atoms. The van der Waals surface area contributed by atoms with Crippen LogP contribution in [0.25, 0.3) is 0 Å². The van der Waals surface area contributed by atoms with Crippen LogP contribution in [-0.4, -0.2) is 17.9 Å². The Balaban J connectivity index is 2.42. The molecule has 2 rings (SSSR count). The van der Waals surface area contributed by atoms with Gasteiger partial charge < -0.3 is 20.3 Å². The van der Waals surface area contributed by atoms with Crippen molar-refractivity contribution >= 4 is 17.6 Å². The fourth-order valence-corrected chi connectivity index (χ4v) is 2.12. The molecule has 1 atom stereocenters. The Morgan fingerprint density at radius 3 is 2.88 bits per heavy atom. The summed E-state index contributed by atoms with van der Waals surface area (Å²) >= 11 is 6.02. The van der Waals surface area contributed by atoms with E-state index in [9.17, 15) is 4.79 Å². The Labute approximate surface area is 103 Å². The molecule has 3 N–H and O–H groups in total. The second kappa shape index (κ2) is 4.43. The normalized spacial score (nSPS) is 14.8. The number of carbonyl (C=O) groups is 1. The summed E-state index contributed by atoms with van der Waals surface area (Å²) in [5, 5.41) is 9.12. The molecule has 1 heterocycles. The van der Waals surface area contributed by atoms with E-state index in [0.29, 0.717) is 22.1 Å². The van der Waals surface area contributed by atoms with Gasteiger partial charge in [0, 0.05) is 6.04 Å². The zero-order valence-corrected chi connectivity index (χ0v) is 9.95. The average Bonchev–Trinajstić information content (AvgIpc) is 2.71. The van der Waals surface area contributed by atoms with Crippen LogP contribution in [0.2, 0.25) is 5.02 Å². The molecule has 0 saturated carbocycles. The molecule has 0 amide bonds. The van der Waals surface area contributed by atoms with Gasteiger partial charge in [0.1, 0.15) is 0 Å². The Hall–Kier alpha value is -1.46. The summed E-state index contributed by atoms with van der Waals surface area (Å²) in [5.41, 5.74) is 7.27. The van der Waals surface area contributed by atoms with E-state index in [4.69, 9.17) is 31.9 Å². The molecule has 0 radical (unpaired) electrons. The third-order valence-corrected chi connectivity index (χ3v) is 2.96. The number of fused-ring (bicyclic) bond motifs is 1. The molecule has 1 aromatic carbocycles. The highest BCUT2D eigenvalue weighted by Crippen LogP contribution is 2.44. The standard InChI is InChI=1S/C11H12ClNO4/c1-5-6(8(13)3-9(14)15)2-7(12)11-10(5)16-4-17-11/h2,8H,3-4,13H2,1H3,(H,14,15).